The summed E-state index contributed by atoms with van der Waals surface area (Å²) < 4.78 is 15.3. The van der Waals surface area contributed by atoms with Crippen LogP contribution in [-0.2, 0) is 16.2 Å². The van der Waals surface area contributed by atoms with Crippen LogP contribution in [0.2, 0.25) is 39.3 Å². The molecule has 476 valence electrons. The number of para-hydroxylation sites is 4. The van der Waals surface area contributed by atoms with Gasteiger partial charge in [0.25, 0.3) is 0 Å². The molecule has 2 aromatic heterocycles. The van der Waals surface area contributed by atoms with Gasteiger partial charge in [0.05, 0.1) is 38.3 Å². The van der Waals surface area contributed by atoms with E-state index in [2.05, 4.69) is 370 Å². The number of hydrogen-bond acceptors (Lipinski definition) is 5. The van der Waals surface area contributed by atoms with Gasteiger partial charge in [0, 0.05) is 67.1 Å². The normalized spacial score (nSPS) is 14.2. The van der Waals surface area contributed by atoms with Crippen molar-refractivity contribution in [2.75, 3.05) is 14.7 Å². The lowest BCUT2D eigenvalue weighted by Gasteiger charge is -2.37. The topological polar surface area (TPSA) is 36.0 Å². The van der Waals surface area contributed by atoms with Crippen LogP contribution in [0.5, 0.6) is 0 Å². The van der Waals surface area contributed by atoms with E-state index in [1.165, 1.54) is 38.2 Å². The molecular formula is C89H85N3O2Si2. The van der Waals surface area contributed by atoms with Gasteiger partial charge >= 0.3 is 0 Å². The van der Waals surface area contributed by atoms with Crippen molar-refractivity contribution in [2.24, 2.45) is 0 Å². The molecule has 0 saturated carbocycles. The van der Waals surface area contributed by atoms with Crippen molar-refractivity contribution in [3.8, 4) is 11.1 Å². The number of benzene rings is 12. The van der Waals surface area contributed by atoms with Crippen LogP contribution < -0.4 is 25.1 Å². The zero-order valence-electron chi connectivity index (χ0n) is 58.0. The highest BCUT2D eigenvalue weighted by atomic mass is 28.3. The van der Waals surface area contributed by atoms with Crippen molar-refractivity contribution < 1.29 is 8.83 Å². The summed E-state index contributed by atoms with van der Waals surface area (Å²) in [6.07, 6.45) is 0. The van der Waals surface area contributed by atoms with Gasteiger partial charge in [-0.2, -0.15) is 0 Å². The molecule has 15 rings (SSSR count). The molecule has 14 aromatic rings. The molecule has 1 atom stereocenters. The summed E-state index contributed by atoms with van der Waals surface area (Å²) in [6, 6.07) is 98.1. The minimum atomic E-state index is -1.69. The van der Waals surface area contributed by atoms with Gasteiger partial charge in [0.15, 0.2) is 5.58 Å². The van der Waals surface area contributed by atoms with Crippen LogP contribution in [0.25, 0.3) is 55.0 Å². The summed E-state index contributed by atoms with van der Waals surface area (Å²) in [5, 5.41) is 6.99. The van der Waals surface area contributed by atoms with Crippen molar-refractivity contribution >= 4 is 122 Å². The molecule has 12 aromatic carbocycles. The maximum absolute atomic E-state index is 7.73. The Bertz CT molecular complexity index is 5200. The van der Waals surface area contributed by atoms with Crippen LogP contribution in [-0.4, -0.2) is 16.1 Å². The fourth-order valence-electron chi connectivity index (χ4n) is 15.0. The number of furan rings is 2. The van der Waals surface area contributed by atoms with Crippen molar-refractivity contribution in [3.63, 3.8) is 0 Å². The second kappa shape index (κ2) is 23.2. The molecule has 2 heterocycles. The van der Waals surface area contributed by atoms with Crippen LogP contribution in [0.15, 0.2) is 270 Å². The van der Waals surface area contributed by atoms with Gasteiger partial charge in [0.1, 0.15) is 16.7 Å². The van der Waals surface area contributed by atoms with Crippen LogP contribution in [0.4, 0.5) is 51.2 Å². The van der Waals surface area contributed by atoms with Crippen molar-refractivity contribution in [1.29, 1.82) is 0 Å². The minimum absolute atomic E-state index is 0.00963. The van der Waals surface area contributed by atoms with E-state index in [1.54, 1.807) is 0 Å². The van der Waals surface area contributed by atoms with E-state index in [-0.39, 0.29) is 10.8 Å². The van der Waals surface area contributed by atoms with E-state index in [1.807, 2.05) is 0 Å². The molecule has 0 bridgehead atoms. The summed E-state index contributed by atoms with van der Waals surface area (Å²) in [4.78, 5) is 7.35. The molecule has 0 N–H and O–H groups in total. The molecular weight excluding hydrogens is 1200 g/mol. The predicted molar refractivity (Wildman–Crippen MR) is 415 cm³/mol. The first-order valence-electron chi connectivity index (χ1n) is 34.1. The molecule has 0 spiro atoms. The summed E-state index contributed by atoms with van der Waals surface area (Å²) in [6.45, 7) is 32.8. The highest BCUT2D eigenvalue weighted by Crippen LogP contribution is 2.65. The van der Waals surface area contributed by atoms with Gasteiger partial charge in [-0.3, -0.25) is 0 Å². The maximum Gasteiger partial charge on any atom is 0.160 e. The Morgan fingerprint density at radius 3 is 1.20 bits per heavy atom. The van der Waals surface area contributed by atoms with Crippen LogP contribution in [0.3, 0.4) is 0 Å². The molecule has 0 aliphatic heterocycles. The van der Waals surface area contributed by atoms with Crippen molar-refractivity contribution in [1.82, 2.24) is 0 Å². The number of rotatable bonds is 13. The molecule has 1 aliphatic rings. The Morgan fingerprint density at radius 2 is 0.719 bits per heavy atom. The van der Waals surface area contributed by atoms with Gasteiger partial charge in [-0.05, 0) is 173 Å². The second-order valence-electron chi connectivity index (χ2n) is 30.7. The Balaban J connectivity index is 1.12. The summed E-state index contributed by atoms with van der Waals surface area (Å²) in [5.74, 6) is 0. The number of fused-ring (bicyclic) bond motifs is 11. The Hall–Kier alpha value is -9.93. The van der Waals surface area contributed by atoms with E-state index in [4.69, 9.17) is 8.83 Å². The highest BCUT2D eigenvalue weighted by Gasteiger charge is 2.51. The van der Waals surface area contributed by atoms with E-state index < -0.39 is 21.6 Å². The second-order valence-corrected chi connectivity index (χ2v) is 40.9. The fraction of sp³-hybridized carbons (Fsp3) is 0.191. The van der Waals surface area contributed by atoms with Crippen molar-refractivity contribution in [2.45, 2.75) is 111 Å². The predicted octanol–water partition coefficient (Wildman–Crippen LogP) is 24.6. The number of nitrogens with zero attached hydrogens (tertiary/aromatic N) is 3. The van der Waals surface area contributed by atoms with Crippen molar-refractivity contribution in [3.05, 3.63) is 305 Å². The van der Waals surface area contributed by atoms with E-state index in [0.717, 1.165) is 123 Å². The molecule has 0 saturated heterocycles. The summed E-state index contributed by atoms with van der Waals surface area (Å²) in [7, 11) is -3.38. The fourth-order valence-corrected chi connectivity index (χ4v) is 17.3. The molecule has 5 nitrogen and oxygen atoms in total. The molecule has 7 heteroatoms. The largest absolute Gasteiger partial charge is 0.455 e. The Morgan fingerprint density at radius 1 is 0.333 bits per heavy atom. The molecule has 1 unspecified atom stereocenters. The number of aryl methyl sites for hydroxylation is 2. The first-order valence-corrected chi connectivity index (χ1v) is 41.1. The summed E-state index contributed by atoms with van der Waals surface area (Å²) in [5.41, 5.74) is 23.4. The molecule has 96 heavy (non-hydrogen) atoms. The lowest BCUT2D eigenvalue weighted by molar-refractivity contribution is 0.590. The quantitative estimate of drug-likeness (QED) is 0.108. The average Bonchev–Trinajstić information content (AvgIpc) is 1.50. The zero-order valence-corrected chi connectivity index (χ0v) is 60.0. The molecule has 0 fully saturated rings. The van der Waals surface area contributed by atoms with Gasteiger partial charge in [0.2, 0.25) is 0 Å². The van der Waals surface area contributed by atoms with E-state index in [9.17, 15) is 0 Å². The SMILES string of the molecule is Cc1ccc(C)c(C2(c3ccc(N(c4ccc(C(C)(C)C)cc4)c4ccc(C(C)(C)C)cc4)cc3)c3cc(N(c4ccccc4)c4ccc([Si](C)(C)C)cc4)c4c(oc5ccccc54)c3-c3c2cc(N(c2ccccc2)c2ccc([Si](C)(C)C)cc2)c2oc4ccccc4c32)c1. The van der Waals surface area contributed by atoms with Crippen LogP contribution in [0.1, 0.15) is 86.1 Å². The third kappa shape index (κ3) is 10.5. The Labute approximate surface area is 569 Å². The monoisotopic (exact) mass is 1280 g/mol. The van der Waals surface area contributed by atoms with Crippen LogP contribution >= 0.6 is 0 Å². The van der Waals surface area contributed by atoms with Gasteiger partial charge in [-0.15, -0.1) is 0 Å². The third-order valence-electron chi connectivity index (χ3n) is 20.1. The lowest BCUT2D eigenvalue weighted by atomic mass is 9.66. The zero-order chi connectivity index (χ0) is 66.8. The molecule has 1 aliphatic carbocycles. The van der Waals surface area contributed by atoms with E-state index in [0.29, 0.717) is 0 Å². The van der Waals surface area contributed by atoms with Gasteiger partial charge in [-0.1, -0.05) is 248 Å². The smallest absolute Gasteiger partial charge is 0.160 e. The lowest BCUT2D eigenvalue weighted by Crippen LogP contribution is -2.37. The number of anilines is 9. The summed E-state index contributed by atoms with van der Waals surface area (Å²) >= 11 is 0. The van der Waals surface area contributed by atoms with E-state index >= 15 is 0 Å². The Kier molecular flexibility index (Phi) is 15.0. The highest BCUT2D eigenvalue weighted by molar-refractivity contribution is 6.89. The number of hydrogen-bond donors (Lipinski definition) is 0. The maximum atomic E-state index is 7.73. The standard InChI is InChI=1S/C89H85N3O2Si2/c1-58-33-34-59(2)74(55-58)89(62-39-45-67(46-40-62)90(65-41-35-60(36-42-65)87(3,4)5)66-43-37-61(38-44-66)88(6,7)8)75-57-78(92(64-27-19-16-20-28-64)69-49-53-71(54-50-69)96(12,13)14)85-82(73-30-22-24-32-80(73)93-85)83(75)84-76(89)56-77(81-72-29-21-23-31-79(72)94-86(81)84)91(63-25-17-15-18-26-63)68-47-51-70(52-48-68)95(9,10)11/h15-57H,1-14H3. The third-order valence-corrected chi connectivity index (χ3v) is 24.3. The first kappa shape index (κ1) is 62.2. The minimum Gasteiger partial charge on any atom is -0.455 e. The first-order chi connectivity index (χ1) is 46.0. The van der Waals surface area contributed by atoms with Gasteiger partial charge < -0.3 is 23.5 Å². The van der Waals surface area contributed by atoms with Gasteiger partial charge in [-0.25, -0.2) is 0 Å². The molecule has 0 amide bonds. The average molecular weight is 1280 g/mol. The van der Waals surface area contributed by atoms with Crippen LogP contribution in [0, 0.1) is 13.8 Å². The molecule has 0 radical (unpaired) electrons.